The number of halogens is 6. The molecule has 1 amide bonds. The molecule has 0 radical (unpaired) electrons. The number of hydrogen-bond donors (Lipinski definition) is 2. The Kier molecular flexibility index (Phi) is 4.31. The van der Waals surface area contributed by atoms with Crippen LogP contribution in [0.15, 0.2) is 40.2 Å². The number of carbonyl (C=O) groups excluding carboxylic acids is 1. The molecule has 1 aromatic carbocycles. The fourth-order valence-corrected chi connectivity index (χ4v) is 4.43. The lowest BCUT2D eigenvalue weighted by Gasteiger charge is -2.40. The maximum atomic E-state index is 14.4. The van der Waals surface area contributed by atoms with Crippen LogP contribution < -0.4 is 5.69 Å². The summed E-state index contributed by atoms with van der Waals surface area (Å²) in [6.07, 6.45) is 1.66. The Labute approximate surface area is 171 Å². The quantitative estimate of drug-likeness (QED) is 0.529. The fourth-order valence-electron chi connectivity index (χ4n) is 3.78. The first-order valence-corrected chi connectivity index (χ1v) is 11.1. The average Bonchev–Trinajstić information content (AvgIpc) is 3.06. The molecule has 3 aromatic rings. The number of hydrogen-bond acceptors (Lipinski definition) is 3. The van der Waals surface area contributed by atoms with Gasteiger partial charge >= 0.3 is 15.9 Å². The molecule has 0 aliphatic carbocycles. The predicted octanol–water partition coefficient (Wildman–Crippen LogP) is 5.07. The number of imidazole rings is 1. The third kappa shape index (κ3) is 4.13. The smallest absolute Gasteiger partial charge is 0.325 e. The molecule has 6 nitrogen and oxygen atoms in total. The Morgan fingerprint density at radius 2 is 1.65 bits per heavy atom. The minimum absolute atomic E-state index is 0.156. The van der Waals surface area contributed by atoms with Crippen LogP contribution in [0.1, 0.15) is 34.7 Å². The molecule has 1 aliphatic rings. The Morgan fingerprint density at radius 3 is 2.23 bits per heavy atom. The van der Waals surface area contributed by atoms with Crippen LogP contribution in [0.25, 0.3) is 11.2 Å². The van der Waals surface area contributed by atoms with Crippen molar-refractivity contribution in [1.29, 1.82) is 0 Å². The molecular weight excluding hydrogens is 450 g/mol. The summed E-state index contributed by atoms with van der Waals surface area (Å²) in [5.41, 5.74) is 0.0504. The molecule has 4 rings (SSSR count). The zero-order valence-corrected chi connectivity index (χ0v) is 16.5. The molecule has 13 heteroatoms. The van der Waals surface area contributed by atoms with Gasteiger partial charge in [0.05, 0.1) is 11.7 Å². The normalized spacial score (nSPS) is 18.1. The van der Waals surface area contributed by atoms with Gasteiger partial charge in [-0.25, -0.2) is 14.2 Å². The molecule has 0 spiro atoms. The van der Waals surface area contributed by atoms with Gasteiger partial charge in [0.25, 0.3) is 5.91 Å². The molecule has 2 aromatic heterocycles. The van der Waals surface area contributed by atoms with Crippen LogP contribution in [0.2, 0.25) is 0 Å². The van der Waals surface area contributed by atoms with Gasteiger partial charge in [0.1, 0.15) is 10.7 Å². The van der Waals surface area contributed by atoms with Gasteiger partial charge in [0.15, 0.2) is 5.65 Å². The van der Waals surface area contributed by atoms with E-state index in [1.54, 1.807) is 0 Å². The summed E-state index contributed by atoms with van der Waals surface area (Å²) in [6.45, 7) is 0.343. The summed E-state index contributed by atoms with van der Waals surface area (Å²) < 4.78 is 78.5. The maximum Gasteiger partial charge on any atom is 0.325 e. The number of nitrogens with zero attached hydrogens (tertiary/aromatic N) is 2. The Balaban J connectivity index is 1.50. The molecule has 0 atom stereocenters. The van der Waals surface area contributed by atoms with E-state index in [0.717, 1.165) is 18.3 Å². The van der Waals surface area contributed by atoms with E-state index in [4.69, 9.17) is 0 Å². The van der Waals surface area contributed by atoms with E-state index in [1.807, 2.05) is 0 Å². The number of fused-ring (bicyclic) bond motifs is 1. The highest BCUT2D eigenvalue weighted by Crippen LogP contribution is 3.02. The predicted molar refractivity (Wildman–Crippen MR) is 102 cm³/mol. The number of pyridine rings is 1. The van der Waals surface area contributed by atoms with E-state index < -0.39 is 32.5 Å². The van der Waals surface area contributed by atoms with Gasteiger partial charge in [0.2, 0.25) is 0 Å². The van der Waals surface area contributed by atoms with Crippen LogP contribution in [0, 0.1) is 5.82 Å². The van der Waals surface area contributed by atoms with Crippen molar-refractivity contribution in [2.45, 2.75) is 23.7 Å². The second kappa shape index (κ2) is 6.28. The average molecular weight is 466 g/mol. The Hall–Kier alpha value is -2.96. The highest BCUT2D eigenvalue weighted by molar-refractivity contribution is 8.45. The topological polar surface area (TPSA) is 81.8 Å². The SMILES string of the molecule is O=C(c1ccc(S(F)(F)(F)(F)F)cc1)N1CCC(c2c(F)cnc3[nH]c(=O)[nH]c23)CC1. The van der Waals surface area contributed by atoms with Crippen LogP contribution in [-0.2, 0) is 0 Å². The third-order valence-corrected chi connectivity index (χ3v) is 6.44. The number of aromatic nitrogens is 3. The summed E-state index contributed by atoms with van der Waals surface area (Å²) in [7, 11) is -9.81. The van der Waals surface area contributed by atoms with Crippen molar-refractivity contribution in [3.05, 3.63) is 57.9 Å². The highest BCUT2D eigenvalue weighted by Gasteiger charge is 2.65. The van der Waals surface area contributed by atoms with Crippen molar-refractivity contribution < 1.29 is 28.6 Å². The van der Waals surface area contributed by atoms with Gasteiger partial charge in [0, 0.05) is 24.2 Å². The van der Waals surface area contributed by atoms with Crippen molar-refractivity contribution in [1.82, 2.24) is 19.9 Å². The van der Waals surface area contributed by atoms with Gasteiger partial charge < -0.3 is 9.88 Å². The minimum Gasteiger partial charge on any atom is -0.339 e. The summed E-state index contributed by atoms with van der Waals surface area (Å²) in [5, 5.41) is 0. The number of benzene rings is 1. The van der Waals surface area contributed by atoms with Gasteiger partial charge in [-0.15, -0.1) is 0 Å². The Morgan fingerprint density at radius 1 is 1.03 bits per heavy atom. The number of piperidine rings is 1. The molecule has 0 unspecified atom stereocenters. The van der Waals surface area contributed by atoms with Crippen LogP contribution >= 0.6 is 10.2 Å². The molecule has 2 N–H and O–H groups in total. The van der Waals surface area contributed by atoms with Crippen molar-refractivity contribution in [3.63, 3.8) is 0 Å². The highest BCUT2D eigenvalue weighted by atomic mass is 32.5. The molecule has 1 fully saturated rings. The molecule has 168 valence electrons. The number of likely N-dealkylation sites (tertiary alicyclic amines) is 1. The van der Waals surface area contributed by atoms with Crippen molar-refractivity contribution in [2.75, 3.05) is 13.1 Å². The third-order valence-electron chi connectivity index (χ3n) is 5.28. The van der Waals surface area contributed by atoms with Gasteiger partial charge in [-0.3, -0.25) is 9.78 Å². The van der Waals surface area contributed by atoms with E-state index in [1.165, 1.54) is 4.90 Å². The van der Waals surface area contributed by atoms with Crippen LogP contribution in [0.5, 0.6) is 0 Å². The lowest BCUT2D eigenvalue weighted by molar-refractivity contribution is 0.0712. The van der Waals surface area contributed by atoms with E-state index in [0.29, 0.717) is 12.8 Å². The number of nitrogens with one attached hydrogen (secondary N) is 2. The molecule has 1 aliphatic heterocycles. The van der Waals surface area contributed by atoms with Gasteiger partial charge in [-0.1, -0.05) is 19.4 Å². The van der Waals surface area contributed by atoms with Crippen LogP contribution in [-0.4, -0.2) is 38.8 Å². The molecular formula is C18H16F6N4O2S. The lowest BCUT2D eigenvalue weighted by Crippen LogP contribution is -2.38. The van der Waals surface area contributed by atoms with Crippen molar-refractivity contribution >= 4 is 27.3 Å². The minimum atomic E-state index is -9.81. The fraction of sp³-hybridized carbons (Fsp3) is 0.278. The number of amides is 1. The van der Waals surface area contributed by atoms with Crippen molar-refractivity contribution in [2.24, 2.45) is 0 Å². The first kappa shape index (κ1) is 21.3. The van der Waals surface area contributed by atoms with E-state index in [-0.39, 0.29) is 53.4 Å². The summed E-state index contributed by atoms with van der Waals surface area (Å²) in [6, 6.07) is 1.84. The first-order valence-electron chi connectivity index (χ1n) is 9.13. The van der Waals surface area contributed by atoms with Gasteiger partial charge in [-0.2, -0.15) is 0 Å². The largest absolute Gasteiger partial charge is 0.339 e. The summed E-state index contributed by atoms with van der Waals surface area (Å²) in [5.74, 6) is -1.53. The molecule has 0 saturated carbocycles. The van der Waals surface area contributed by atoms with E-state index in [9.17, 15) is 33.4 Å². The van der Waals surface area contributed by atoms with Crippen LogP contribution in [0.3, 0.4) is 0 Å². The second-order valence-electron chi connectivity index (χ2n) is 7.38. The molecule has 3 heterocycles. The first-order chi connectivity index (χ1) is 14.2. The van der Waals surface area contributed by atoms with E-state index in [2.05, 4.69) is 15.0 Å². The number of aromatic amines is 2. The Bertz CT molecular complexity index is 1230. The van der Waals surface area contributed by atoms with Crippen LogP contribution in [0.4, 0.5) is 23.8 Å². The number of carbonyl (C=O) groups is 1. The standard InChI is InChI=1S/C18H16F6N4O2S/c19-13-9-25-16-15(26-18(30)27-16)14(13)10-5-7-28(8-6-10)17(29)11-1-3-12(4-2-11)31(20,21,22,23)24/h1-4,9-10H,5-8H2,(H2,25,26,27,30). The summed E-state index contributed by atoms with van der Waals surface area (Å²) in [4.78, 5) is 32.2. The number of rotatable bonds is 3. The zero-order valence-electron chi connectivity index (χ0n) is 15.7. The van der Waals surface area contributed by atoms with Crippen molar-refractivity contribution in [3.8, 4) is 0 Å². The van der Waals surface area contributed by atoms with E-state index >= 15 is 0 Å². The molecule has 1 saturated heterocycles. The summed E-state index contributed by atoms with van der Waals surface area (Å²) >= 11 is 0. The lowest BCUT2D eigenvalue weighted by atomic mass is 9.88. The monoisotopic (exact) mass is 466 g/mol. The van der Waals surface area contributed by atoms with Gasteiger partial charge in [-0.05, 0) is 43.0 Å². The second-order valence-corrected chi connectivity index (χ2v) is 9.79. The number of H-pyrrole nitrogens is 2. The maximum absolute atomic E-state index is 14.4. The molecule has 31 heavy (non-hydrogen) atoms. The zero-order chi connectivity index (χ0) is 22.7. The molecule has 0 bridgehead atoms.